The van der Waals surface area contributed by atoms with E-state index in [2.05, 4.69) is 17.9 Å². The molecule has 0 aliphatic rings. The second-order valence-electron chi connectivity index (χ2n) is 1.37. The Labute approximate surface area is 54.0 Å². The molecule has 0 radical (unpaired) electrons. The summed E-state index contributed by atoms with van der Waals surface area (Å²) in [6.07, 6.45) is 0.867. The molecule has 0 aromatic heterocycles. The lowest BCUT2D eigenvalue weighted by Crippen LogP contribution is -2.30. The molecule has 0 unspecified atom stereocenters. The van der Waals surface area contributed by atoms with Gasteiger partial charge in [-0.3, -0.25) is 0 Å². The van der Waals surface area contributed by atoms with Crippen LogP contribution in [0.2, 0.25) is 0 Å². The second kappa shape index (κ2) is 4.77. The summed E-state index contributed by atoms with van der Waals surface area (Å²) in [6, 6.07) is -0.466. The Morgan fingerprint density at radius 2 is 2.38 bits per heavy atom. The van der Waals surface area contributed by atoms with E-state index < -0.39 is 6.03 Å². The summed E-state index contributed by atoms with van der Waals surface area (Å²) in [7, 11) is 0. The third-order valence-corrected chi connectivity index (χ3v) is 0.950. The zero-order valence-electron chi connectivity index (χ0n) is 4.55. The molecule has 0 fully saturated rings. The van der Waals surface area contributed by atoms with E-state index in [1.165, 1.54) is 0 Å². The topological polar surface area (TPSA) is 55.1 Å². The lowest BCUT2D eigenvalue weighted by Gasteiger charge is -1.95. The Bertz CT molecular complexity index is 76.4. The van der Waals surface area contributed by atoms with Crippen LogP contribution in [0.4, 0.5) is 4.79 Å². The van der Waals surface area contributed by atoms with Crippen LogP contribution in [0.5, 0.6) is 0 Å². The number of primary amides is 1. The highest BCUT2D eigenvalue weighted by Crippen LogP contribution is 1.78. The summed E-state index contributed by atoms with van der Waals surface area (Å²) >= 11 is 3.93. The fraction of sp³-hybridized carbons (Fsp3) is 0.750. The van der Waals surface area contributed by atoms with Crippen molar-refractivity contribution in [2.45, 2.75) is 6.42 Å². The van der Waals surface area contributed by atoms with Crippen molar-refractivity contribution in [2.75, 3.05) is 12.3 Å². The Hall–Kier alpha value is -0.380. The molecule has 3 N–H and O–H groups in total. The number of hydrogen-bond acceptors (Lipinski definition) is 2. The van der Waals surface area contributed by atoms with E-state index in [0.29, 0.717) is 6.54 Å². The van der Waals surface area contributed by atoms with Crippen LogP contribution in [0.25, 0.3) is 0 Å². The number of rotatable bonds is 3. The third-order valence-electron chi connectivity index (χ3n) is 0.634. The third kappa shape index (κ3) is 5.62. The maximum atomic E-state index is 9.96. The lowest BCUT2D eigenvalue weighted by atomic mass is 10.5. The molecule has 0 aromatic rings. The number of thiol groups is 1. The zero-order chi connectivity index (χ0) is 6.41. The average Bonchev–Trinajstić information content (AvgIpc) is 1.66. The zero-order valence-corrected chi connectivity index (χ0v) is 5.45. The fourth-order valence-corrected chi connectivity index (χ4v) is 0.449. The number of carbonyl (C=O) groups excluding carboxylic acids is 1. The number of nitrogens with two attached hydrogens (primary N) is 1. The summed E-state index contributed by atoms with van der Waals surface area (Å²) < 4.78 is 0. The molecule has 0 saturated carbocycles. The fourth-order valence-electron chi connectivity index (χ4n) is 0.291. The van der Waals surface area contributed by atoms with Crippen molar-refractivity contribution in [3.05, 3.63) is 0 Å². The number of nitrogens with one attached hydrogen (secondary N) is 1. The first kappa shape index (κ1) is 7.62. The molecule has 0 heterocycles. The molecule has 8 heavy (non-hydrogen) atoms. The molecule has 0 rings (SSSR count). The first-order chi connectivity index (χ1) is 3.77. The first-order valence-electron chi connectivity index (χ1n) is 2.41. The van der Waals surface area contributed by atoms with Gasteiger partial charge in [-0.2, -0.15) is 12.6 Å². The van der Waals surface area contributed by atoms with Crippen molar-refractivity contribution in [3.8, 4) is 0 Å². The van der Waals surface area contributed by atoms with E-state index in [4.69, 9.17) is 5.73 Å². The van der Waals surface area contributed by atoms with Crippen molar-refractivity contribution in [2.24, 2.45) is 5.73 Å². The average molecular weight is 134 g/mol. The highest BCUT2D eigenvalue weighted by molar-refractivity contribution is 7.80. The van der Waals surface area contributed by atoms with E-state index >= 15 is 0 Å². The van der Waals surface area contributed by atoms with Crippen LogP contribution in [-0.2, 0) is 0 Å². The van der Waals surface area contributed by atoms with Crippen molar-refractivity contribution in [1.82, 2.24) is 5.32 Å². The molecule has 0 atom stereocenters. The highest BCUT2D eigenvalue weighted by atomic mass is 32.1. The molecule has 3 nitrogen and oxygen atoms in total. The molecular weight excluding hydrogens is 124 g/mol. The molecule has 0 saturated heterocycles. The van der Waals surface area contributed by atoms with Crippen molar-refractivity contribution < 1.29 is 4.79 Å². The van der Waals surface area contributed by atoms with Gasteiger partial charge in [0.2, 0.25) is 0 Å². The number of amides is 2. The van der Waals surface area contributed by atoms with Crippen molar-refractivity contribution in [3.63, 3.8) is 0 Å². The molecule has 0 aliphatic heterocycles. The maximum absolute atomic E-state index is 9.96. The van der Waals surface area contributed by atoms with E-state index in [0.717, 1.165) is 12.2 Å². The molecule has 0 aliphatic carbocycles. The summed E-state index contributed by atoms with van der Waals surface area (Å²) in [5.74, 6) is 0.778. The van der Waals surface area contributed by atoms with Crippen LogP contribution in [0.3, 0.4) is 0 Å². The van der Waals surface area contributed by atoms with Crippen molar-refractivity contribution >= 4 is 18.7 Å². The Morgan fingerprint density at radius 3 is 2.75 bits per heavy atom. The van der Waals surface area contributed by atoms with Gasteiger partial charge in [0.25, 0.3) is 0 Å². The first-order valence-corrected chi connectivity index (χ1v) is 3.05. The molecule has 0 aromatic carbocycles. The van der Waals surface area contributed by atoms with E-state index in [9.17, 15) is 4.79 Å². The van der Waals surface area contributed by atoms with Gasteiger partial charge >= 0.3 is 6.03 Å². The van der Waals surface area contributed by atoms with E-state index in [1.807, 2.05) is 0 Å². The predicted molar refractivity (Wildman–Crippen MR) is 36.1 cm³/mol. The van der Waals surface area contributed by atoms with Gasteiger partial charge in [0.15, 0.2) is 0 Å². The van der Waals surface area contributed by atoms with Crippen LogP contribution in [0.15, 0.2) is 0 Å². The van der Waals surface area contributed by atoms with Gasteiger partial charge in [0, 0.05) is 6.54 Å². The largest absolute Gasteiger partial charge is 0.352 e. The molecule has 0 bridgehead atoms. The summed E-state index contributed by atoms with van der Waals surface area (Å²) in [6.45, 7) is 0.624. The van der Waals surface area contributed by atoms with Crippen LogP contribution in [0.1, 0.15) is 6.42 Å². The SMILES string of the molecule is NC(=O)NCCCS. The molecular formula is C4H10N2OS. The summed E-state index contributed by atoms with van der Waals surface area (Å²) in [5.41, 5.74) is 4.76. The Kier molecular flexibility index (Phi) is 4.54. The number of carbonyl (C=O) groups is 1. The smallest absolute Gasteiger partial charge is 0.312 e. The highest BCUT2D eigenvalue weighted by Gasteiger charge is 1.86. The van der Waals surface area contributed by atoms with Gasteiger partial charge in [0.1, 0.15) is 0 Å². The minimum absolute atomic E-state index is 0.466. The number of urea groups is 1. The van der Waals surface area contributed by atoms with Gasteiger partial charge < -0.3 is 11.1 Å². The summed E-state index contributed by atoms with van der Waals surface area (Å²) in [4.78, 5) is 9.96. The second-order valence-corrected chi connectivity index (χ2v) is 1.82. The number of hydrogen-bond donors (Lipinski definition) is 3. The Morgan fingerprint density at radius 1 is 1.75 bits per heavy atom. The molecule has 48 valence electrons. The standard InChI is InChI=1S/C4H10N2OS/c5-4(7)6-2-1-3-8/h8H,1-3H2,(H3,5,6,7). The van der Waals surface area contributed by atoms with Crippen molar-refractivity contribution in [1.29, 1.82) is 0 Å². The predicted octanol–water partition coefficient (Wildman–Crippen LogP) is -0.0254. The van der Waals surface area contributed by atoms with Gasteiger partial charge in [-0.25, -0.2) is 4.79 Å². The normalized spacial score (nSPS) is 8.62. The molecule has 4 heteroatoms. The van der Waals surface area contributed by atoms with E-state index in [-0.39, 0.29) is 0 Å². The van der Waals surface area contributed by atoms with Crippen LogP contribution in [0, 0.1) is 0 Å². The van der Waals surface area contributed by atoms with Crippen LogP contribution >= 0.6 is 12.6 Å². The summed E-state index contributed by atoms with van der Waals surface area (Å²) in [5, 5.41) is 2.44. The van der Waals surface area contributed by atoms with E-state index in [1.54, 1.807) is 0 Å². The van der Waals surface area contributed by atoms with Crippen LogP contribution in [-0.4, -0.2) is 18.3 Å². The maximum Gasteiger partial charge on any atom is 0.312 e. The van der Waals surface area contributed by atoms with Gasteiger partial charge in [-0.05, 0) is 12.2 Å². The van der Waals surface area contributed by atoms with Gasteiger partial charge in [-0.1, -0.05) is 0 Å². The van der Waals surface area contributed by atoms with Gasteiger partial charge in [-0.15, -0.1) is 0 Å². The quantitative estimate of drug-likeness (QED) is 0.368. The minimum atomic E-state index is -0.466. The van der Waals surface area contributed by atoms with Crippen LogP contribution < -0.4 is 11.1 Å². The molecule has 2 amide bonds. The lowest BCUT2D eigenvalue weighted by molar-refractivity contribution is 0.249. The monoisotopic (exact) mass is 134 g/mol. The molecule has 0 spiro atoms. The Balaban J connectivity index is 2.82. The minimum Gasteiger partial charge on any atom is -0.352 e. The van der Waals surface area contributed by atoms with Gasteiger partial charge in [0.05, 0.1) is 0 Å².